The van der Waals surface area contributed by atoms with E-state index < -0.39 is 0 Å². The maximum absolute atomic E-state index is 13.1. The van der Waals surface area contributed by atoms with Gasteiger partial charge in [-0.1, -0.05) is 32.0 Å². The van der Waals surface area contributed by atoms with Crippen LogP contribution < -0.4 is 5.56 Å². The van der Waals surface area contributed by atoms with E-state index in [0.29, 0.717) is 25.2 Å². The first-order valence-electron chi connectivity index (χ1n) is 11.7. The maximum Gasteiger partial charge on any atom is 0.252 e. The summed E-state index contributed by atoms with van der Waals surface area (Å²) in [5, 5.41) is 15.8. The average molecular weight is 489 g/mol. The van der Waals surface area contributed by atoms with Crippen molar-refractivity contribution in [1.29, 1.82) is 0 Å². The first-order valence-corrected chi connectivity index (χ1v) is 12.5. The number of aromatic amines is 1. The highest BCUT2D eigenvalue weighted by Gasteiger charge is 2.30. The Balaban J connectivity index is 1.54. The van der Waals surface area contributed by atoms with Crippen molar-refractivity contribution in [3.63, 3.8) is 0 Å². The third-order valence-electron chi connectivity index (χ3n) is 6.13. The van der Waals surface area contributed by atoms with Gasteiger partial charge in [-0.2, -0.15) is 0 Å². The van der Waals surface area contributed by atoms with Crippen molar-refractivity contribution >= 4 is 22.2 Å². The second kappa shape index (κ2) is 9.97. The molecule has 8 nitrogen and oxygen atoms in total. The Morgan fingerprint density at radius 2 is 2.03 bits per heavy atom. The van der Waals surface area contributed by atoms with Gasteiger partial charge in [0, 0.05) is 29.0 Å². The molecular weight excluding hydrogens is 460 g/mol. The van der Waals surface area contributed by atoms with Crippen LogP contribution in [0.15, 0.2) is 69.4 Å². The fourth-order valence-corrected chi connectivity index (χ4v) is 5.25. The van der Waals surface area contributed by atoms with Gasteiger partial charge in [0.2, 0.25) is 0 Å². The molecule has 0 aliphatic heterocycles. The number of rotatable bonds is 9. The third kappa shape index (κ3) is 5.11. The number of H-pyrrole nitrogens is 1. The van der Waals surface area contributed by atoms with Gasteiger partial charge in [0.15, 0.2) is 5.82 Å². The van der Waals surface area contributed by atoms with Gasteiger partial charge in [0.25, 0.3) is 5.56 Å². The van der Waals surface area contributed by atoms with Crippen LogP contribution in [0.1, 0.15) is 47.5 Å². The Morgan fingerprint density at radius 1 is 1.14 bits per heavy atom. The van der Waals surface area contributed by atoms with Gasteiger partial charge >= 0.3 is 0 Å². The van der Waals surface area contributed by atoms with Crippen molar-refractivity contribution < 1.29 is 4.42 Å². The highest BCUT2D eigenvalue weighted by Crippen LogP contribution is 2.31. The van der Waals surface area contributed by atoms with Crippen LogP contribution in [0.2, 0.25) is 0 Å². The SMILES string of the molecule is Cc1ccc2cc(CN(Cc3cccs3)C(c3nnnn3Cc3ccco3)C(C)C)c(=O)[nH]c2c1. The predicted octanol–water partition coefficient (Wildman–Crippen LogP) is 4.93. The van der Waals surface area contributed by atoms with Crippen LogP contribution in [0.3, 0.4) is 0 Å². The Hall–Kier alpha value is -3.56. The number of tetrazole rings is 1. The average Bonchev–Trinajstić information content (AvgIpc) is 3.59. The van der Waals surface area contributed by atoms with Crippen molar-refractivity contribution in [3.05, 3.63) is 98.1 Å². The number of thiophene rings is 1. The highest BCUT2D eigenvalue weighted by atomic mass is 32.1. The van der Waals surface area contributed by atoms with E-state index in [4.69, 9.17) is 4.42 Å². The van der Waals surface area contributed by atoms with E-state index in [9.17, 15) is 4.79 Å². The molecule has 0 fully saturated rings. The number of aryl methyl sites for hydroxylation is 1. The molecule has 1 unspecified atom stereocenters. The van der Waals surface area contributed by atoms with Gasteiger partial charge in [0.1, 0.15) is 12.3 Å². The first-order chi connectivity index (χ1) is 17.0. The highest BCUT2D eigenvalue weighted by molar-refractivity contribution is 7.09. The first kappa shape index (κ1) is 23.2. The lowest BCUT2D eigenvalue weighted by Gasteiger charge is -2.33. The van der Waals surface area contributed by atoms with Crippen LogP contribution in [0.5, 0.6) is 0 Å². The minimum atomic E-state index is -0.116. The summed E-state index contributed by atoms with van der Waals surface area (Å²) in [6.07, 6.45) is 1.65. The Bertz CT molecular complexity index is 1450. The predicted molar refractivity (Wildman–Crippen MR) is 136 cm³/mol. The standard InChI is InChI=1S/C26H28N6O2S/c1-17(2)24(25-28-29-30-32(25)15-21-6-4-10-34-21)31(16-22-7-5-11-35-22)14-20-13-19-9-8-18(3)12-23(19)27-26(20)33/h4-13,17,24H,14-16H2,1-3H3,(H,27,33). The zero-order valence-electron chi connectivity index (χ0n) is 20.0. The van der Waals surface area contributed by atoms with Crippen molar-refractivity contribution in [2.24, 2.45) is 5.92 Å². The lowest BCUT2D eigenvalue weighted by molar-refractivity contribution is 0.127. The zero-order chi connectivity index (χ0) is 24.4. The summed E-state index contributed by atoms with van der Waals surface area (Å²) in [4.78, 5) is 19.7. The number of hydrogen-bond acceptors (Lipinski definition) is 7. The Morgan fingerprint density at radius 3 is 2.77 bits per heavy atom. The molecule has 180 valence electrons. The van der Waals surface area contributed by atoms with Crippen LogP contribution >= 0.6 is 11.3 Å². The number of pyridine rings is 1. The topological polar surface area (TPSA) is 92.8 Å². The molecule has 0 amide bonds. The molecule has 4 heterocycles. The number of benzene rings is 1. The summed E-state index contributed by atoms with van der Waals surface area (Å²) in [7, 11) is 0. The molecule has 0 radical (unpaired) electrons. The van der Waals surface area contributed by atoms with Gasteiger partial charge in [-0.15, -0.1) is 16.4 Å². The van der Waals surface area contributed by atoms with Crippen LogP contribution in [0.25, 0.3) is 10.9 Å². The number of hydrogen-bond donors (Lipinski definition) is 1. The number of nitrogens with one attached hydrogen (secondary N) is 1. The molecular formula is C26H28N6O2S. The molecule has 0 saturated carbocycles. The van der Waals surface area contributed by atoms with Crippen LogP contribution in [0, 0.1) is 12.8 Å². The quantitative estimate of drug-likeness (QED) is 0.316. The molecule has 5 aromatic rings. The molecule has 1 N–H and O–H groups in total. The molecule has 0 aliphatic rings. The van der Waals surface area contributed by atoms with E-state index >= 15 is 0 Å². The van der Waals surface area contributed by atoms with Gasteiger partial charge < -0.3 is 9.40 Å². The second-order valence-corrected chi connectivity index (χ2v) is 10.2. The van der Waals surface area contributed by atoms with Crippen molar-refractivity contribution in [1.82, 2.24) is 30.1 Å². The van der Waals surface area contributed by atoms with Crippen molar-refractivity contribution in [2.75, 3.05) is 0 Å². The van der Waals surface area contributed by atoms with Gasteiger partial charge in [-0.25, -0.2) is 4.68 Å². The smallest absolute Gasteiger partial charge is 0.252 e. The lowest BCUT2D eigenvalue weighted by atomic mass is 10.00. The summed E-state index contributed by atoms with van der Waals surface area (Å²) in [6.45, 7) is 7.93. The number of aromatic nitrogens is 5. The molecule has 35 heavy (non-hydrogen) atoms. The van der Waals surface area contributed by atoms with E-state index in [1.807, 2.05) is 31.2 Å². The summed E-state index contributed by atoms with van der Waals surface area (Å²) in [5.41, 5.74) is 2.61. The van der Waals surface area contributed by atoms with Gasteiger partial charge in [-0.3, -0.25) is 9.69 Å². The molecule has 0 spiro atoms. The second-order valence-electron chi connectivity index (χ2n) is 9.16. The van der Waals surface area contributed by atoms with Crippen molar-refractivity contribution in [3.8, 4) is 0 Å². The van der Waals surface area contributed by atoms with Crippen LogP contribution in [-0.2, 0) is 19.6 Å². The van der Waals surface area contributed by atoms with Gasteiger partial charge in [-0.05, 0) is 69.9 Å². The monoisotopic (exact) mass is 488 g/mol. The summed E-state index contributed by atoms with van der Waals surface area (Å²) in [6, 6.07) is 15.9. The maximum atomic E-state index is 13.1. The molecule has 1 atom stereocenters. The molecule has 1 aromatic carbocycles. The van der Waals surface area contributed by atoms with E-state index in [0.717, 1.165) is 28.1 Å². The van der Waals surface area contributed by atoms with E-state index in [-0.39, 0.29) is 17.5 Å². The molecule has 5 rings (SSSR count). The van der Waals surface area contributed by atoms with E-state index in [2.05, 4.69) is 68.9 Å². The number of furan rings is 1. The normalized spacial score (nSPS) is 12.7. The third-order valence-corrected chi connectivity index (χ3v) is 6.99. The molecule has 0 bridgehead atoms. The van der Waals surface area contributed by atoms with E-state index in [1.165, 1.54) is 4.88 Å². The largest absolute Gasteiger partial charge is 0.467 e. The van der Waals surface area contributed by atoms with Crippen molar-refractivity contribution in [2.45, 2.75) is 46.4 Å². The molecule has 0 saturated heterocycles. The zero-order valence-corrected chi connectivity index (χ0v) is 20.8. The fraction of sp³-hybridized carbons (Fsp3) is 0.308. The minimum absolute atomic E-state index is 0.0723. The summed E-state index contributed by atoms with van der Waals surface area (Å²) < 4.78 is 7.32. The summed E-state index contributed by atoms with van der Waals surface area (Å²) >= 11 is 1.70. The van der Waals surface area contributed by atoms with Crippen LogP contribution in [-0.4, -0.2) is 30.1 Å². The summed E-state index contributed by atoms with van der Waals surface area (Å²) in [5.74, 6) is 1.73. The van der Waals surface area contributed by atoms with Gasteiger partial charge in [0.05, 0.1) is 12.3 Å². The number of fused-ring (bicyclic) bond motifs is 1. The van der Waals surface area contributed by atoms with E-state index in [1.54, 1.807) is 22.3 Å². The van der Waals surface area contributed by atoms with Crippen LogP contribution in [0.4, 0.5) is 0 Å². The number of nitrogens with zero attached hydrogens (tertiary/aromatic N) is 5. The lowest BCUT2D eigenvalue weighted by Crippen LogP contribution is -2.35. The molecule has 4 aromatic heterocycles. The Kier molecular flexibility index (Phi) is 6.61. The molecule has 9 heteroatoms. The molecule has 0 aliphatic carbocycles. The Labute approximate surface area is 207 Å². The minimum Gasteiger partial charge on any atom is -0.467 e. The fourth-order valence-electron chi connectivity index (χ4n) is 4.52.